The zero-order valence-corrected chi connectivity index (χ0v) is 20.2. The molecule has 1 saturated carbocycles. The number of imide groups is 1. The smallest absolute Gasteiger partial charge is 0.324 e. The Morgan fingerprint density at radius 1 is 1.21 bits per heavy atom. The van der Waals surface area contributed by atoms with Gasteiger partial charge >= 0.3 is 12.0 Å². The van der Waals surface area contributed by atoms with E-state index in [9.17, 15) is 29.4 Å². The van der Waals surface area contributed by atoms with Crippen molar-refractivity contribution in [1.82, 2.24) is 15.5 Å². The van der Waals surface area contributed by atoms with Crippen molar-refractivity contribution in [3.05, 3.63) is 28.2 Å². The first kappa shape index (κ1) is 24.5. The van der Waals surface area contributed by atoms with Crippen LogP contribution in [0.15, 0.2) is 22.7 Å². The number of carboxylic acid groups (broad SMARTS) is 1. The van der Waals surface area contributed by atoms with Gasteiger partial charge in [0.05, 0.1) is 11.8 Å². The van der Waals surface area contributed by atoms with Crippen LogP contribution in [0.5, 0.6) is 5.75 Å². The number of hydrogen-bond acceptors (Lipinski definition) is 6. The van der Waals surface area contributed by atoms with E-state index in [0.717, 1.165) is 19.3 Å². The van der Waals surface area contributed by atoms with Crippen molar-refractivity contribution in [3.8, 4) is 5.75 Å². The molecule has 3 fully saturated rings. The topological polar surface area (TPSA) is 162 Å². The van der Waals surface area contributed by atoms with Crippen molar-refractivity contribution in [3.63, 3.8) is 0 Å². The van der Waals surface area contributed by atoms with Gasteiger partial charge in [-0.15, -0.1) is 0 Å². The summed E-state index contributed by atoms with van der Waals surface area (Å²) in [5.74, 6) is -4.29. The molecule has 11 heteroatoms. The number of nitrogens with one attached hydrogen (secondary N) is 2. The van der Waals surface area contributed by atoms with Crippen molar-refractivity contribution in [2.24, 2.45) is 17.6 Å². The minimum Gasteiger partial charge on any atom is -0.508 e. The molecule has 0 radical (unpaired) electrons. The van der Waals surface area contributed by atoms with Crippen LogP contribution >= 0.6 is 15.9 Å². The molecule has 0 aromatic heterocycles. The van der Waals surface area contributed by atoms with Crippen LogP contribution in [0.4, 0.5) is 4.79 Å². The number of aromatic hydroxyl groups is 1. The highest BCUT2D eigenvalue weighted by atomic mass is 79.9. The van der Waals surface area contributed by atoms with E-state index in [-0.39, 0.29) is 31.2 Å². The number of aliphatic carboxylic acids is 1. The molecular weight excluding hydrogens is 508 g/mol. The second kappa shape index (κ2) is 9.53. The molecule has 2 saturated heterocycles. The number of urea groups is 1. The maximum atomic E-state index is 13.7. The van der Waals surface area contributed by atoms with Crippen molar-refractivity contribution in [2.75, 3.05) is 6.54 Å². The summed E-state index contributed by atoms with van der Waals surface area (Å²) in [4.78, 5) is 52.5. The number of nitrogens with two attached hydrogens (primary N) is 1. The Labute approximate surface area is 205 Å². The molecule has 4 unspecified atom stereocenters. The normalized spacial score (nSPS) is 29.3. The summed E-state index contributed by atoms with van der Waals surface area (Å²) in [6.45, 7) is 0.130. The molecule has 1 aromatic carbocycles. The number of phenols is 1. The molecule has 4 rings (SSSR count). The number of phenolic OH excluding ortho intramolecular Hbond substituents is 1. The number of halogens is 1. The molecule has 2 aliphatic heterocycles. The van der Waals surface area contributed by atoms with Crippen LogP contribution in [0.2, 0.25) is 0 Å². The number of likely N-dealkylation sites (tertiary alicyclic amines) is 1. The largest absolute Gasteiger partial charge is 0.508 e. The van der Waals surface area contributed by atoms with Gasteiger partial charge in [0.1, 0.15) is 11.3 Å². The Hall–Kier alpha value is -2.66. The van der Waals surface area contributed by atoms with Crippen LogP contribution in [0.3, 0.4) is 0 Å². The minimum atomic E-state index is -1.74. The first-order valence-electron chi connectivity index (χ1n) is 11.6. The number of carbonyl (C=O) groups is 4. The van der Waals surface area contributed by atoms with Crippen molar-refractivity contribution >= 4 is 39.7 Å². The Kier molecular flexibility index (Phi) is 6.86. The number of carboxylic acids is 1. The van der Waals surface area contributed by atoms with Crippen LogP contribution in [0.25, 0.3) is 0 Å². The average molecular weight is 537 g/mol. The minimum absolute atomic E-state index is 0.00737. The Bertz CT molecular complexity index is 1010. The van der Waals surface area contributed by atoms with Gasteiger partial charge in [0, 0.05) is 28.7 Å². The molecule has 6 N–H and O–H groups in total. The Morgan fingerprint density at radius 3 is 2.56 bits per heavy atom. The Morgan fingerprint density at radius 2 is 1.91 bits per heavy atom. The van der Waals surface area contributed by atoms with E-state index in [1.54, 1.807) is 12.1 Å². The van der Waals surface area contributed by atoms with E-state index >= 15 is 0 Å². The predicted molar refractivity (Wildman–Crippen MR) is 125 cm³/mol. The van der Waals surface area contributed by atoms with Crippen LogP contribution in [-0.4, -0.2) is 57.1 Å². The lowest BCUT2D eigenvalue weighted by Gasteiger charge is -2.34. The third-order valence-corrected chi connectivity index (χ3v) is 7.87. The molecule has 10 nitrogen and oxygen atoms in total. The fourth-order valence-corrected chi connectivity index (χ4v) is 6.26. The maximum Gasteiger partial charge on any atom is 0.324 e. The van der Waals surface area contributed by atoms with Crippen LogP contribution in [0, 0.1) is 11.8 Å². The van der Waals surface area contributed by atoms with E-state index in [0.29, 0.717) is 22.9 Å². The van der Waals surface area contributed by atoms with Crippen molar-refractivity contribution in [2.45, 2.75) is 62.6 Å². The monoisotopic (exact) mass is 536 g/mol. The van der Waals surface area contributed by atoms with Crippen molar-refractivity contribution in [1.29, 1.82) is 0 Å². The lowest BCUT2D eigenvalue weighted by atomic mass is 9.77. The van der Waals surface area contributed by atoms with Crippen LogP contribution in [-0.2, 0) is 14.4 Å². The van der Waals surface area contributed by atoms with Crippen molar-refractivity contribution < 1.29 is 29.4 Å². The summed E-state index contributed by atoms with van der Waals surface area (Å²) in [6.07, 6.45) is 4.50. The van der Waals surface area contributed by atoms with Gasteiger partial charge in [-0.2, -0.15) is 0 Å². The Balaban J connectivity index is 1.75. The lowest BCUT2D eigenvalue weighted by molar-refractivity contribution is -0.153. The van der Waals surface area contributed by atoms with E-state index in [4.69, 9.17) is 5.73 Å². The molecule has 4 amide bonds. The highest BCUT2D eigenvalue weighted by Gasteiger charge is 2.69. The fourth-order valence-electron chi connectivity index (χ4n) is 5.88. The predicted octanol–water partition coefficient (Wildman–Crippen LogP) is 2.00. The van der Waals surface area contributed by atoms with Gasteiger partial charge in [0.15, 0.2) is 0 Å². The molecule has 184 valence electrons. The zero-order chi connectivity index (χ0) is 24.6. The highest BCUT2D eigenvalue weighted by molar-refractivity contribution is 9.10. The lowest BCUT2D eigenvalue weighted by Crippen LogP contribution is -2.56. The molecule has 1 aromatic rings. The summed E-state index contributed by atoms with van der Waals surface area (Å²) in [7, 11) is 0. The van der Waals surface area contributed by atoms with E-state index in [2.05, 4.69) is 26.6 Å². The van der Waals surface area contributed by atoms with E-state index < -0.39 is 47.2 Å². The van der Waals surface area contributed by atoms with Gasteiger partial charge in [-0.3, -0.25) is 24.6 Å². The van der Waals surface area contributed by atoms with E-state index in [1.165, 1.54) is 11.0 Å². The van der Waals surface area contributed by atoms with Gasteiger partial charge in [-0.05, 0) is 43.9 Å². The van der Waals surface area contributed by atoms with Gasteiger partial charge in [0.2, 0.25) is 11.8 Å². The summed E-state index contributed by atoms with van der Waals surface area (Å²) in [5.41, 5.74) is 3.73. The number of hydrogen-bond donors (Lipinski definition) is 5. The van der Waals surface area contributed by atoms with Gasteiger partial charge in [-0.25, -0.2) is 4.79 Å². The molecule has 0 bridgehead atoms. The second-order valence-electron chi connectivity index (χ2n) is 9.34. The van der Waals surface area contributed by atoms with Gasteiger partial charge < -0.3 is 21.3 Å². The molecule has 4 atom stereocenters. The molecule has 2 heterocycles. The number of fused-ring (bicyclic) bond motifs is 1. The van der Waals surface area contributed by atoms with Gasteiger partial charge in [-0.1, -0.05) is 35.2 Å². The molecular formula is C23H29BrN4O6. The quantitative estimate of drug-likeness (QED) is 0.263. The zero-order valence-electron chi connectivity index (χ0n) is 18.6. The number of carbonyl (C=O) groups excluding carboxylic acids is 3. The molecule has 0 spiro atoms. The SMILES string of the molecule is NC(=O)NCCCC1(C(=O)O)NC(c2cc(Br)ccc2O)C2C(=O)N(C3CCCCC3)C(=O)C21. The molecule has 1 aliphatic carbocycles. The fraction of sp³-hybridized carbons (Fsp3) is 0.565. The highest BCUT2D eigenvalue weighted by Crippen LogP contribution is 2.53. The third kappa shape index (κ3) is 4.15. The number of nitrogens with zero attached hydrogens (tertiary/aromatic N) is 1. The standard InChI is InChI=1S/C23H29BrN4O6/c24-12-7-8-15(29)14(11-12)18-16-17(20(31)28(19(16)30)13-5-2-1-3-6-13)23(27-18,21(32)33)9-4-10-26-22(25)34/h7-8,11,13,16-18,27,29H,1-6,9-10H2,(H,32,33)(H3,25,26,34). The van der Waals surface area contributed by atoms with Gasteiger partial charge in [0.25, 0.3) is 0 Å². The van der Waals surface area contributed by atoms with E-state index in [1.807, 2.05) is 0 Å². The number of primary amides is 1. The third-order valence-electron chi connectivity index (χ3n) is 7.38. The van der Waals surface area contributed by atoms with Crippen LogP contribution in [0.1, 0.15) is 56.6 Å². The van der Waals surface area contributed by atoms with Crippen LogP contribution < -0.4 is 16.4 Å². The summed E-state index contributed by atoms with van der Waals surface area (Å²) >= 11 is 3.37. The first-order chi connectivity index (χ1) is 16.2. The number of benzene rings is 1. The number of rotatable bonds is 7. The second-order valence-corrected chi connectivity index (χ2v) is 10.3. The molecule has 34 heavy (non-hydrogen) atoms. The summed E-state index contributed by atoms with van der Waals surface area (Å²) < 4.78 is 0.651. The summed E-state index contributed by atoms with van der Waals surface area (Å²) in [6, 6.07) is 2.91. The summed E-state index contributed by atoms with van der Waals surface area (Å²) in [5, 5.41) is 26.5. The molecule has 3 aliphatic rings. The maximum absolute atomic E-state index is 13.7. The average Bonchev–Trinajstić information content (AvgIpc) is 3.28. The number of amides is 4. The first-order valence-corrected chi connectivity index (χ1v) is 12.4.